The Labute approximate surface area is 132 Å². The van der Waals surface area contributed by atoms with Gasteiger partial charge in [-0.2, -0.15) is 0 Å². The van der Waals surface area contributed by atoms with Crippen LogP contribution in [0.2, 0.25) is 0 Å². The first-order valence-corrected chi connectivity index (χ1v) is 6.88. The van der Waals surface area contributed by atoms with Gasteiger partial charge in [-0.25, -0.2) is 4.79 Å². The predicted molar refractivity (Wildman–Crippen MR) is 77.7 cm³/mol. The monoisotopic (exact) mass is 323 g/mol. The SMILES string of the molecule is COc1ccc2c(c1)C(=O)[C@@](O[N+](=O)[O-])(C(=O)OC(C)(C)C)C2. The third kappa shape index (κ3) is 3.10. The van der Waals surface area contributed by atoms with Gasteiger partial charge in [0, 0.05) is 12.0 Å². The molecule has 0 aliphatic heterocycles. The van der Waals surface area contributed by atoms with Crippen molar-refractivity contribution in [3.63, 3.8) is 0 Å². The van der Waals surface area contributed by atoms with E-state index in [0.29, 0.717) is 11.3 Å². The normalized spacial score (nSPS) is 19.9. The molecular weight excluding hydrogens is 306 g/mol. The lowest BCUT2D eigenvalue weighted by Crippen LogP contribution is -2.51. The first kappa shape index (κ1) is 16.7. The summed E-state index contributed by atoms with van der Waals surface area (Å²) >= 11 is 0. The van der Waals surface area contributed by atoms with Gasteiger partial charge in [0.2, 0.25) is 5.78 Å². The van der Waals surface area contributed by atoms with Crippen LogP contribution in [0.15, 0.2) is 18.2 Å². The number of carbonyl (C=O) groups excluding carboxylic acids is 2. The van der Waals surface area contributed by atoms with Gasteiger partial charge in [-0.15, -0.1) is 10.1 Å². The summed E-state index contributed by atoms with van der Waals surface area (Å²) in [4.78, 5) is 40.5. The topological polar surface area (TPSA) is 105 Å². The van der Waals surface area contributed by atoms with Crippen molar-refractivity contribution in [3.05, 3.63) is 39.4 Å². The maximum atomic E-state index is 12.7. The highest BCUT2D eigenvalue weighted by molar-refractivity contribution is 6.19. The number of hydrogen-bond acceptors (Lipinski definition) is 7. The van der Waals surface area contributed by atoms with Crippen LogP contribution in [0.3, 0.4) is 0 Å². The Morgan fingerprint density at radius 2 is 2.00 bits per heavy atom. The molecule has 1 aliphatic carbocycles. The minimum atomic E-state index is -2.31. The van der Waals surface area contributed by atoms with Crippen molar-refractivity contribution in [1.29, 1.82) is 0 Å². The fourth-order valence-corrected chi connectivity index (χ4v) is 2.38. The molecule has 0 amide bonds. The first-order chi connectivity index (χ1) is 10.6. The van der Waals surface area contributed by atoms with E-state index in [0.717, 1.165) is 0 Å². The minimum Gasteiger partial charge on any atom is -0.497 e. The van der Waals surface area contributed by atoms with Crippen molar-refractivity contribution in [2.24, 2.45) is 0 Å². The van der Waals surface area contributed by atoms with Gasteiger partial charge in [-0.1, -0.05) is 6.07 Å². The van der Waals surface area contributed by atoms with E-state index in [2.05, 4.69) is 4.84 Å². The van der Waals surface area contributed by atoms with Gasteiger partial charge in [0.25, 0.3) is 10.7 Å². The Kier molecular flexibility index (Phi) is 4.02. The second-order valence-electron chi connectivity index (χ2n) is 6.17. The molecule has 0 radical (unpaired) electrons. The van der Waals surface area contributed by atoms with E-state index in [1.165, 1.54) is 13.2 Å². The van der Waals surface area contributed by atoms with Crippen molar-refractivity contribution >= 4 is 11.8 Å². The standard InChI is InChI=1S/C15H17NO7/c1-14(2,3)22-13(18)15(23-16(19)20)8-9-5-6-10(21-4)7-11(9)12(15)17/h5-7H,8H2,1-4H3/t15-/m1/s1. The number of benzene rings is 1. The quantitative estimate of drug-likeness (QED) is 0.359. The number of carbonyl (C=O) groups is 2. The predicted octanol–water partition coefficient (Wildman–Crippen LogP) is 1.72. The Morgan fingerprint density at radius 1 is 1.35 bits per heavy atom. The molecule has 0 bridgehead atoms. The molecule has 1 aliphatic rings. The molecule has 0 N–H and O–H groups in total. The number of nitrogens with zero attached hydrogens (tertiary/aromatic N) is 1. The van der Waals surface area contributed by atoms with Gasteiger partial charge in [-0.05, 0) is 38.5 Å². The summed E-state index contributed by atoms with van der Waals surface area (Å²) in [5, 5.41) is 9.70. The number of Topliss-reactive ketones (excluding diaryl/α,β-unsaturated/α-hetero) is 1. The number of ether oxygens (including phenoxy) is 2. The van der Waals surface area contributed by atoms with Crippen LogP contribution in [-0.2, 0) is 20.8 Å². The highest BCUT2D eigenvalue weighted by Crippen LogP contribution is 2.37. The fraction of sp³-hybridized carbons (Fsp3) is 0.467. The van der Waals surface area contributed by atoms with E-state index >= 15 is 0 Å². The van der Waals surface area contributed by atoms with Gasteiger partial charge in [0.1, 0.15) is 11.4 Å². The smallest absolute Gasteiger partial charge is 0.347 e. The number of methoxy groups -OCH3 is 1. The number of rotatable bonds is 4. The average Bonchev–Trinajstić information content (AvgIpc) is 2.70. The van der Waals surface area contributed by atoms with Crippen LogP contribution in [0.25, 0.3) is 0 Å². The zero-order valence-electron chi connectivity index (χ0n) is 13.2. The molecule has 0 saturated carbocycles. The van der Waals surface area contributed by atoms with Crippen LogP contribution in [0.1, 0.15) is 36.7 Å². The highest BCUT2D eigenvalue weighted by atomic mass is 17.0. The van der Waals surface area contributed by atoms with Crippen LogP contribution in [-0.4, -0.2) is 35.2 Å². The van der Waals surface area contributed by atoms with Crippen molar-refractivity contribution < 1.29 is 29.0 Å². The van der Waals surface area contributed by atoms with E-state index in [1.807, 2.05) is 0 Å². The molecule has 0 aromatic heterocycles. The Bertz CT molecular complexity index is 677. The van der Waals surface area contributed by atoms with Crippen molar-refractivity contribution in [1.82, 2.24) is 0 Å². The summed E-state index contributed by atoms with van der Waals surface area (Å²) < 4.78 is 10.2. The van der Waals surface area contributed by atoms with Crippen LogP contribution in [0.5, 0.6) is 5.75 Å². The summed E-state index contributed by atoms with van der Waals surface area (Å²) in [6.07, 6.45) is -0.263. The van der Waals surface area contributed by atoms with Crippen LogP contribution in [0, 0.1) is 10.1 Å². The molecule has 0 fully saturated rings. The number of hydrogen-bond donors (Lipinski definition) is 0. The van der Waals surface area contributed by atoms with E-state index in [1.54, 1.807) is 32.9 Å². The molecule has 1 aromatic carbocycles. The highest BCUT2D eigenvalue weighted by Gasteiger charge is 2.57. The third-order valence-corrected chi connectivity index (χ3v) is 3.33. The lowest BCUT2D eigenvalue weighted by Gasteiger charge is -2.28. The molecule has 0 saturated heterocycles. The molecule has 2 rings (SSSR count). The lowest BCUT2D eigenvalue weighted by molar-refractivity contribution is -0.771. The van der Waals surface area contributed by atoms with E-state index in [4.69, 9.17) is 9.47 Å². The van der Waals surface area contributed by atoms with Gasteiger partial charge in [-0.3, -0.25) is 9.63 Å². The largest absolute Gasteiger partial charge is 0.497 e. The average molecular weight is 323 g/mol. The molecule has 1 atom stereocenters. The van der Waals surface area contributed by atoms with Crippen LogP contribution < -0.4 is 4.74 Å². The third-order valence-electron chi connectivity index (χ3n) is 3.33. The summed E-state index contributed by atoms with van der Waals surface area (Å²) in [7, 11) is 1.43. The van der Waals surface area contributed by atoms with Gasteiger partial charge in [0.05, 0.1) is 7.11 Å². The Morgan fingerprint density at radius 3 is 2.52 bits per heavy atom. The molecule has 8 nitrogen and oxygen atoms in total. The van der Waals surface area contributed by atoms with Gasteiger partial charge < -0.3 is 9.47 Å². The van der Waals surface area contributed by atoms with E-state index < -0.39 is 28.0 Å². The minimum absolute atomic E-state index is 0.150. The van der Waals surface area contributed by atoms with Crippen LogP contribution in [0.4, 0.5) is 0 Å². The summed E-state index contributed by atoms with van der Waals surface area (Å²) in [6, 6.07) is 4.60. The van der Waals surface area contributed by atoms with Crippen LogP contribution >= 0.6 is 0 Å². The molecule has 0 spiro atoms. The maximum absolute atomic E-state index is 12.7. The Balaban J connectivity index is 2.47. The zero-order valence-corrected chi connectivity index (χ0v) is 13.2. The first-order valence-electron chi connectivity index (χ1n) is 6.88. The Hall–Kier alpha value is -2.64. The lowest BCUT2D eigenvalue weighted by atomic mass is 9.98. The number of esters is 1. The second kappa shape index (κ2) is 5.53. The summed E-state index contributed by atoms with van der Waals surface area (Å²) in [6.45, 7) is 4.79. The molecule has 8 heteroatoms. The summed E-state index contributed by atoms with van der Waals surface area (Å²) in [5.74, 6) is -1.49. The van der Waals surface area contributed by atoms with Crippen molar-refractivity contribution in [2.45, 2.75) is 38.4 Å². The van der Waals surface area contributed by atoms with E-state index in [9.17, 15) is 19.7 Å². The van der Waals surface area contributed by atoms with Gasteiger partial charge in [0.15, 0.2) is 0 Å². The van der Waals surface area contributed by atoms with Gasteiger partial charge >= 0.3 is 5.97 Å². The maximum Gasteiger partial charge on any atom is 0.347 e. The van der Waals surface area contributed by atoms with Crippen molar-refractivity contribution in [3.8, 4) is 5.75 Å². The molecule has 1 aromatic rings. The van der Waals surface area contributed by atoms with E-state index in [-0.39, 0.29) is 12.0 Å². The molecule has 0 heterocycles. The number of fused-ring (bicyclic) bond motifs is 1. The molecule has 0 unspecified atom stereocenters. The second-order valence-corrected chi connectivity index (χ2v) is 6.17. The fourth-order valence-electron chi connectivity index (χ4n) is 2.38. The molecule has 23 heavy (non-hydrogen) atoms. The summed E-state index contributed by atoms with van der Waals surface area (Å²) in [5.41, 5.74) is -2.62. The van der Waals surface area contributed by atoms with Crippen molar-refractivity contribution in [2.75, 3.05) is 7.11 Å². The number of ketones is 1. The zero-order chi connectivity index (χ0) is 17.4. The molecule has 124 valence electrons. The molecular formula is C15H17NO7.